The van der Waals surface area contributed by atoms with E-state index in [1.165, 1.54) is 21.8 Å². The summed E-state index contributed by atoms with van der Waals surface area (Å²) in [6.07, 6.45) is 3.71. The van der Waals surface area contributed by atoms with Crippen LogP contribution in [0.25, 0.3) is 33.2 Å². The topological polar surface area (TPSA) is 30.7 Å². The van der Waals surface area contributed by atoms with Crippen molar-refractivity contribution in [3.05, 3.63) is 60.9 Å². The molecule has 0 atom stereocenters. The molecule has 3 heterocycles. The Hall–Kier alpha value is -2.68. The number of nitrogens with zero attached hydrogens (tertiary/aromatic N) is 3. The number of fused-ring (bicyclic) bond motifs is 3. The maximum atomic E-state index is 4.66. The Morgan fingerprint density at radius 2 is 1.70 bits per heavy atom. The first-order valence-electron chi connectivity index (χ1n) is 8.03. The standard InChI is InChI=1S/C20H19N3/c1-14(2)13-23-18-9-4-3-7-15(18)16-10-12-22-19(20(16)23)17-8-5-6-11-21-17/h3-12,14H,13H2,1-2H3. The molecule has 0 saturated carbocycles. The molecule has 3 aromatic heterocycles. The lowest BCUT2D eigenvalue weighted by Gasteiger charge is -2.12. The van der Waals surface area contributed by atoms with Gasteiger partial charge in [-0.1, -0.05) is 38.1 Å². The Morgan fingerprint density at radius 3 is 2.48 bits per heavy atom. The molecule has 1 aromatic carbocycles. The van der Waals surface area contributed by atoms with Crippen molar-refractivity contribution in [3.63, 3.8) is 0 Å². The smallest absolute Gasteiger partial charge is 0.113 e. The van der Waals surface area contributed by atoms with Gasteiger partial charge < -0.3 is 4.57 Å². The van der Waals surface area contributed by atoms with Gasteiger partial charge in [0.15, 0.2) is 0 Å². The Morgan fingerprint density at radius 1 is 0.870 bits per heavy atom. The number of hydrogen-bond donors (Lipinski definition) is 0. The normalized spacial score (nSPS) is 11.6. The third-order valence-corrected chi connectivity index (χ3v) is 4.13. The summed E-state index contributed by atoms with van der Waals surface area (Å²) in [4.78, 5) is 9.17. The summed E-state index contributed by atoms with van der Waals surface area (Å²) in [5.74, 6) is 0.561. The van der Waals surface area contributed by atoms with Gasteiger partial charge in [-0.25, -0.2) is 0 Å². The second kappa shape index (κ2) is 5.51. The molecular weight excluding hydrogens is 282 g/mol. The molecule has 4 rings (SSSR count). The first-order valence-corrected chi connectivity index (χ1v) is 8.03. The van der Waals surface area contributed by atoms with Gasteiger partial charge in [0.2, 0.25) is 0 Å². The van der Waals surface area contributed by atoms with E-state index in [2.05, 4.69) is 58.7 Å². The number of benzene rings is 1. The summed E-state index contributed by atoms with van der Waals surface area (Å²) in [7, 11) is 0. The Balaban J connectivity index is 2.13. The van der Waals surface area contributed by atoms with Crippen LogP contribution in [0, 0.1) is 5.92 Å². The summed E-state index contributed by atoms with van der Waals surface area (Å²) in [6, 6.07) is 16.7. The van der Waals surface area contributed by atoms with Gasteiger partial charge in [0, 0.05) is 35.2 Å². The van der Waals surface area contributed by atoms with Gasteiger partial charge in [-0.2, -0.15) is 0 Å². The number of rotatable bonds is 3. The molecule has 0 N–H and O–H groups in total. The molecule has 3 nitrogen and oxygen atoms in total. The lowest BCUT2D eigenvalue weighted by Crippen LogP contribution is -2.05. The predicted octanol–water partition coefficient (Wildman–Crippen LogP) is 4.91. The van der Waals surface area contributed by atoms with Crippen molar-refractivity contribution < 1.29 is 0 Å². The molecule has 114 valence electrons. The molecule has 0 aliphatic heterocycles. The first kappa shape index (κ1) is 13.9. The van der Waals surface area contributed by atoms with E-state index in [0.29, 0.717) is 5.92 Å². The van der Waals surface area contributed by atoms with E-state index in [0.717, 1.165) is 17.9 Å². The average molecular weight is 301 g/mol. The summed E-state index contributed by atoms with van der Waals surface area (Å²) < 4.78 is 2.40. The van der Waals surface area contributed by atoms with Crippen LogP contribution in [0.15, 0.2) is 60.9 Å². The van der Waals surface area contributed by atoms with Crippen molar-refractivity contribution in [1.82, 2.24) is 14.5 Å². The fraction of sp³-hybridized carbons (Fsp3) is 0.200. The maximum Gasteiger partial charge on any atom is 0.113 e. The Bertz CT molecular complexity index is 968. The zero-order valence-electron chi connectivity index (χ0n) is 13.4. The van der Waals surface area contributed by atoms with Crippen LogP contribution in [0.3, 0.4) is 0 Å². The highest BCUT2D eigenvalue weighted by Crippen LogP contribution is 2.34. The third-order valence-electron chi connectivity index (χ3n) is 4.13. The van der Waals surface area contributed by atoms with Gasteiger partial charge in [-0.05, 0) is 30.2 Å². The van der Waals surface area contributed by atoms with Crippen LogP contribution >= 0.6 is 0 Å². The van der Waals surface area contributed by atoms with E-state index in [4.69, 9.17) is 0 Å². The highest BCUT2D eigenvalue weighted by Gasteiger charge is 2.16. The zero-order chi connectivity index (χ0) is 15.8. The van der Waals surface area contributed by atoms with Crippen molar-refractivity contribution in [2.24, 2.45) is 5.92 Å². The minimum atomic E-state index is 0.561. The predicted molar refractivity (Wildman–Crippen MR) is 95.3 cm³/mol. The second-order valence-electron chi connectivity index (χ2n) is 6.29. The summed E-state index contributed by atoms with van der Waals surface area (Å²) in [6.45, 7) is 5.46. The van der Waals surface area contributed by atoms with E-state index in [1.54, 1.807) is 0 Å². The molecule has 0 saturated heterocycles. The molecular formula is C20H19N3. The minimum Gasteiger partial charge on any atom is -0.338 e. The molecule has 3 heteroatoms. The third kappa shape index (κ3) is 2.29. The number of para-hydroxylation sites is 1. The van der Waals surface area contributed by atoms with Crippen molar-refractivity contribution in [2.75, 3.05) is 0 Å². The Kier molecular flexibility index (Phi) is 3.34. The molecule has 0 aliphatic carbocycles. The maximum absolute atomic E-state index is 4.66. The number of aromatic nitrogens is 3. The van der Waals surface area contributed by atoms with Crippen LogP contribution in [-0.4, -0.2) is 14.5 Å². The van der Waals surface area contributed by atoms with Crippen LogP contribution in [0.5, 0.6) is 0 Å². The van der Waals surface area contributed by atoms with Crippen LogP contribution < -0.4 is 0 Å². The summed E-state index contributed by atoms with van der Waals surface area (Å²) in [5, 5.41) is 2.53. The van der Waals surface area contributed by atoms with Crippen molar-refractivity contribution >= 4 is 21.8 Å². The highest BCUT2D eigenvalue weighted by molar-refractivity contribution is 6.11. The average Bonchev–Trinajstić information content (AvgIpc) is 2.90. The highest BCUT2D eigenvalue weighted by atomic mass is 15.0. The van der Waals surface area contributed by atoms with Gasteiger partial charge in [0.1, 0.15) is 5.69 Å². The zero-order valence-corrected chi connectivity index (χ0v) is 13.4. The number of pyridine rings is 2. The van der Waals surface area contributed by atoms with E-state index in [1.807, 2.05) is 30.6 Å². The molecule has 23 heavy (non-hydrogen) atoms. The molecule has 0 aliphatic rings. The summed E-state index contributed by atoms with van der Waals surface area (Å²) >= 11 is 0. The van der Waals surface area contributed by atoms with Crippen LogP contribution in [-0.2, 0) is 6.54 Å². The van der Waals surface area contributed by atoms with Crippen molar-refractivity contribution in [3.8, 4) is 11.4 Å². The minimum absolute atomic E-state index is 0.561. The Labute approximate surface area is 135 Å². The van der Waals surface area contributed by atoms with Gasteiger partial charge in [0.25, 0.3) is 0 Å². The van der Waals surface area contributed by atoms with Crippen molar-refractivity contribution in [1.29, 1.82) is 0 Å². The van der Waals surface area contributed by atoms with Crippen molar-refractivity contribution in [2.45, 2.75) is 20.4 Å². The molecule has 0 spiro atoms. The molecule has 0 unspecified atom stereocenters. The van der Waals surface area contributed by atoms with Gasteiger partial charge in [-0.15, -0.1) is 0 Å². The molecule has 0 amide bonds. The van der Waals surface area contributed by atoms with Crippen LogP contribution in [0.1, 0.15) is 13.8 Å². The fourth-order valence-electron chi connectivity index (χ4n) is 3.25. The van der Waals surface area contributed by atoms with E-state index >= 15 is 0 Å². The van der Waals surface area contributed by atoms with E-state index in [9.17, 15) is 0 Å². The molecule has 0 fully saturated rings. The second-order valence-corrected chi connectivity index (χ2v) is 6.29. The van der Waals surface area contributed by atoms with Crippen LogP contribution in [0.2, 0.25) is 0 Å². The molecule has 4 aromatic rings. The molecule has 0 radical (unpaired) electrons. The SMILES string of the molecule is CC(C)Cn1c2ccccc2c2ccnc(-c3ccccn3)c21. The van der Waals surface area contributed by atoms with Gasteiger partial charge in [-0.3, -0.25) is 9.97 Å². The van der Waals surface area contributed by atoms with E-state index in [-0.39, 0.29) is 0 Å². The van der Waals surface area contributed by atoms with Gasteiger partial charge in [0.05, 0.1) is 11.2 Å². The van der Waals surface area contributed by atoms with Gasteiger partial charge >= 0.3 is 0 Å². The number of hydrogen-bond acceptors (Lipinski definition) is 2. The molecule has 0 bridgehead atoms. The first-order chi connectivity index (χ1) is 11.3. The van der Waals surface area contributed by atoms with Crippen LogP contribution in [0.4, 0.5) is 0 Å². The lowest BCUT2D eigenvalue weighted by molar-refractivity contribution is 0.545. The van der Waals surface area contributed by atoms with E-state index < -0.39 is 0 Å². The fourth-order valence-corrected chi connectivity index (χ4v) is 3.25. The quantitative estimate of drug-likeness (QED) is 0.538. The summed E-state index contributed by atoms with van der Waals surface area (Å²) in [5.41, 5.74) is 4.33. The lowest BCUT2D eigenvalue weighted by atomic mass is 10.1. The monoisotopic (exact) mass is 301 g/mol. The largest absolute Gasteiger partial charge is 0.338 e.